The smallest absolute Gasteiger partial charge is 0.256 e. The minimum atomic E-state index is -0.147. The highest BCUT2D eigenvalue weighted by Crippen LogP contribution is 2.26. The van der Waals surface area contributed by atoms with E-state index in [2.05, 4.69) is 50.8 Å². The molecule has 144 valence electrons. The molecule has 0 aliphatic carbocycles. The number of methoxy groups -OCH3 is 1. The molecular weight excluding hydrogens is 340 g/mol. The van der Waals surface area contributed by atoms with Crippen LogP contribution in [0.4, 0.5) is 11.4 Å². The molecule has 3 rings (SSSR count). The monoisotopic (exact) mass is 368 g/mol. The molecule has 1 aliphatic rings. The van der Waals surface area contributed by atoms with Gasteiger partial charge in [-0.1, -0.05) is 24.3 Å². The summed E-state index contributed by atoms with van der Waals surface area (Å²) in [5.74, 6) is 0.433. The number of nitrogens with zero attached hydrogens (tertiary/aromatic N) is 2. The minimum absolute atomic E-state index is 0.147. The maximum absolute atomic E-state index is 12.2. The Kier molecular flexibility index (Phi) is 6.54. The number of ether oxygens (including phenoxy) is 1. The third-order valence-corrected chi connectivity index (χ3v) is 4.94. The number of carbonyl (C=O) groups is 1. The number of para-hydroxylation sites is 1. The first kappa shape index (κ1) is 19.0. The highest BCUT2D eigenvalue weighted by molar-refractivity contribution is 6.02. The van der Waals surface area contributed by atoms with E-state index in [1.807, 2.05) is 12.1 Å². The van der Waals surface area contributed by atoms with Gasteiger partial charge in [0.2, 0.25) is 0 Å². The summed E-state index contributed by atoms with van der Waals surface area (Å²) in [5.41, 5.74) is 2.65. The lowest BCUT2D eigenvalue weighted by Gasteiger charge is -2.36. The first-order chi connectivity index (χ1) is 13.2. The average molecular weight is 368 g/mol. The van der Waals surface area contributed by atoms with Gasteiger partial charge in [0.05, 0.1) is 12.8 Å². The van der Waals surface area contributed by atoms with Crippen molar-refractivity contribution in [2.75, 3.05) is 63.6 Å². The number of hydrogen-bond acceptors (Lipinski definition) is 5. The normalized spacial score (nSPS) is 14.7. The lowest BCUT2D eigenvalue weighted by molar-refractivity contribution is 0.0961. The molecular formula is C21H28N4O2. The van der Waals surface area contributed by atoms with Crippen LogP contribution in [0, 0.1) is 0 Å². The summed E-state index contributed by atoms with van der Waals surface area (Å²) in [5, 5.41) is 6.08. The SMILES string of the molecule is CNC(=O)c1c(NCCN2CCN(c3ccccc3)CC2)cccc1OC. The van der Waals surface area contributed by atoms with Gasteiger partial charge in [0.25, 0.3) is 5.91 Å². The Morgan fingerprint density at radius 2 is 1.78 bits per heavy atom. The van der Waals surface area contributed by atoms with Gasteiger partial charge in [-0.2, -0.15) is 0 Å². The lowest BCUT2D eigenvalue weighted by atomic mass is 10.1. The van der Waals surface area contributed by atoms with Crippen LogP contribution >= 0.6 is 0 Å². The van der Waals surface area contributed by atoms with Crippen molar-refractivity contribution in [3.8, 4) is 5.75 Å². The van der Waals surface area contributed by atoms with Crippen LogP contribution in [0.25, 0.3) is 0 Å². The standard InChI is InChI=1S/C21H28N4O2/c1-22-21(26)20-18(9-6-10-19(20)27-2)23-11-12-24-13-15-25(16-14-24)17-7-4-3-5-8-17/h3-10,23H,11-16H2,1-2H3,(H,22,26). The van der Waals surface area contributed by atoms with E-state index in [9.17, 15) is 4.79 Å². The molecule has 0 bridgehead atoms. The Morgan fingerprint density at radius 1 is 1.04 bits per heavy atom. The molecule has 2 aromatic rings. The molecule has 0 unspecified atom stereocenters. The second-order valence-electron chi connectivity index (χ2n) is 6.55. The van der Waals surface area contributed by atoms with Crippen molar-refractivity contribution in [1.82, 2.24) is 10.2 Å². The fourth-order valence-electron chi connectivity index (χ4n) is 3.42. The number of anilines is 2. The Morgan fingerprint density at radius 3 is 2.44 bits per heavy atom. The highest BCUT2D eigenvalue weighted by atomic mass is 16.5. The molecule has 0 atom stereocenters. The molecule has 2 aromatic carbocycles. The largest absolute Gasteiger partial charge is 0.496 e. The molecule has 1 aliphatic heterocycles. The van der Waals surface area contributed by atoms with Crippen LogP contribution in [0.2, 0.25) is 0 Å². The summed E-state index contributed by atoms with van der Waals surface area (Å²) < 4.78 is 5.34. The van der Waals surface area contributed by atoms with Gasteiger partial charge in [0.15, 0.2) is 0 Å². The molecule has 2 N–H and O–H groups in total. The zero-order valence-corrected chi connectivity index (χ0v) is 16.1. The molecule has 0 saturated carbocycles. The molecule has 1 saturated heterocycles. The minimum Gasteiger partial charge on any atom is -0.496 e. The third-order valence-electron chi connectivity index (χ3n) is 4.94. The molecule has 0 aromatic heterocycles. The average Bonchev–Trinajstić information content (AvgIpc) is 2.74. The molecule has 1 amide bonds. The van der Waals surface area contributed by atoms with Crippen molar-refractivity contribution >= 4 is 17.3 Å². The molecule has 0 spiro atoms. The van der Waals surface area contributed by atoms with Crippen LogP contribution in [0.1, 0.15) is 10.4 Å². The van der Waals surface area contributed by atoms with Gasteiger partial charge in [0.1, 0.15) is 11.3 Å². The van der Waals surface area contributed by atoms with Crippen LogP contribution in [0.3, 0.4) is 0 Å². The number of nitrogens with one attached hydrogen (secondary N) is 2. The predicted molar refractivity (Wildman–Crippen MR) is 110 cm³/mol. The van der Waals surface area contributed by atoms with E-state index in [1.54, 1.807) is 20.2 Å². The number of piperazine rings is 1. The Balaban J connectivity index is 1.52. The maximum Gasteiger partial charge on any atom is 0.256 e. The van der Waals surface area contributed by atoms with Crippen molar-refractivity contribution in [2.45, 2.75) is 0 Å². The number of carbonyl (C=O) groups excluding carboxylic acids is 1. The van der Waals surface area contributed by atoms with E-state index in [-0.39, 0.29) is 5.91 Å². The van der Waals surface area contributed by atoms with Crippen molar-refractivity contribution in [3.63, 3.8) is 0 Å². The van der Waals surface area contributed by atoms with Gasteiger partial charge in [-0.25, -0.2) is 0 Å². The summed E-state index contributed by atoms with van der Waals surface area (Å²) in [6.07, 6.45) is 0. The van der Waals surface area contributed by atoms with E-state index >= 15 is 0 Å². The molecule has 0 radical (unpaired) electrons. The van der Waals surface area contributed by atoms with E-state index < -0.39 is 0 Å². The summed E-state index contributed by atoms with van der Waals surface area (Å²) in [6.45, 7) is 5.86. The summed E-state index contributed by atoms with van der Waals surface area (Å²) in [6, 6.07) is 16.2. The summed E-state index contributed by atoms with van der Waals surface area (Å²) >= 11 is 0. The van der Waals surface area contributed by atoms with Gasteiger partial charge in [-0.15, -0.1) is 0 Å². The zero-order valence-electron chi connectivity index (χ0n) is 16.1. The Bertz CT molecular complexity index is 743. The molecule has 6 heteroatoms. The first-order valence-corrected chi connectivity index (χ1v) is 9.38. The summed E-state index contributed by atoms with van der Waals surface area (Å²) in [4.78, 5) is 17.1. The molecule has 1 fully saturated rings. The predicted octanol–water partition coefficient (Wildman–Crippen LogP) is 2.29. The zero-order chi connectivity index (χ0) is 19.1. The van der Waals surface area contributed by atoms with Crippen LogP contribution in [-0.4, -0.2) is 64.2 Å². The fourth-order valence-corrected chi connectivity index (χ4v) is 3.42. The van der Waals surface area contributed by atoms with E-state index in [4.69, 9.17) is 4.74 Å². The molecule has 1 heterocycles. The molecule has 6 nitrogen and oxygen atoms in total. The first-order valence-electron chi connectivity index (χ1n) is 9.38. The van der Waals surface area contributed by atoms with Crippen molar-refractivity contribution < 1.29 is 9.53 Å². The van der Waals surface area contributed by atoms with Gasteiger partial charge in [-0.3, -0.25) is 9.69 Å². The van der Waals surface area contributed by atoms with E-state index in [0.717, 1.165) is 45.0 Å². The second-order valence-corrected chi connectivity index (χ2v) is 6.55. The van der Waals surface area contributed by atoms with Crippen LogP contribution < -0.4 is 20.3 Å². The van der Waals surface area contributed by atoms with Crippen LogP contribution in [0.5, 0.6) is 5.75 Å². The van der Waals surface area contributed by atoms with Gasteiger partial charge in [0, 0.05) is 52.0 Å². The second kappa shape index (κ2) is 9.28. The highest BCUT2D eigenvalue weighted by Gasteiger charge is 2.18. The van der Waals surface area contributed by atoms with Gasteiger partial charge in [-0.05, 0) is 24.3 Å². The lowest BCUT2D eigenvalue weighted by Crippen LogP contribution is -2.47. The number of benzene rings is 2. The van der Waals surface area contributed by atoms with E-state index in [0.29, 0.717) is 11.3 Å². The van der Waals surface area contributed by atoms with Gasteiger partial charge < -0.3 is 20.3 Å². The quantitative estimate of drug-likeness (QED) is 0.785. The fraction of sp³-hybridized carbons (Fsp3) is 0.381. The number of hydrogen-bond donors (Lipinski definition) is 2. The van der Waals surface area contributed by atoms with Crippen LogP contribution in [-0.2, 0) is 0 Å². The van der Waals surface area contributed by atoms with Crippen molar-refractivity contribution in [2.24, 2.45) is 0 Å². The Hall–Kier alpha value is -2.73. The third kappa shape index (κ3) is 4.71. The number of rotatable bonds is 7. The van der Waals surface area contributed by atoms with Crippen LogP contribution in [0.15, 0.2) is 48.5 Å². The molecule has 27 heavy (non-hydrogen) atoms. The Labute approximate surface area is 161 Å². The number of amides is 1. The maximum atomic E-state index is 12.2. The van der Waals surface area contributed by atoms with Crippen molar-refractivity contribution in [1.29, 1.82) is 0 Å². The van der Waals surface area contributed by atoms with Gasteiger partial charge >= 0.3 is 0 Å². The topological polar surface area (TPSA) is 56.8 Å². The van der Waals surface area contributed by atoms with Crippen molar-refractivity contribution in [3.05, 3.63) is 54.1 Å². The van der Waals surface area contributed by atoms with E-state index in [1.165, 1.54) is 5.69 Å². The summed E-state index contributed by atoms with van der Waals surface area (Å²) in [7, 11) is 3.21.